The van der Waals surface area contributed by atoms with E-state index in [1.54, 1.807) is 11.8 Å². The number of aromatic nitrogens is 2. The number of hydrogen-bond acceptors (Lipinski definition) is 4. The number of nitrogens with two attached hydrogens (primary N) is 1. The summed E-state index contributed by atoms with van der Waals surface area (Å²) in [5.41, 5.74) is 7.24. The van der Waals surface area contributed by atoms with Gasteiger partial charge in [-0.1, -0.05) is 0 Å². The van der Waals surface area contributed by atoms with E-state index in [-0.39, 0.29) is 12.5 Å². The summed E-state index contributed by atoms with van der Waals surface area (Å²) >= 11 is 0. The van der Waals surface area contributed by atoms with E-state index >= 15 is 0 Å². The van der Waals surface area contributed by atoms with Crippen molar-refractivity contribution in [3.05, 3.63) is 17.0 Å². The monoisotopic (exact) mass is 294 g/mol. The standard InChI is InChI=1S/C14H22N4O3/c1-9-11(10(2)17-16-9)4-5-12(19)18-6-7-21-14(3,8-18)13(15)20/h4-8H2,1-3H3,(H2,15,20)(H,16,17). The molecule has 7 nitrogen and oxygen atoms in total. The average Bonchev–Trinajstić information content (AvgIpc) is 2.75. The minimum atomic E-state index is -1.09. The van der Waals surface area contributed by atoms with Gasteiger partial charge in [0.1, 0.15) is 0 Å². The lowest BCUT2D eigenvalue weighted by Gasteiger charge is -2.38. The van der Waals surface area contributed by atoms with E-state index in [0.717, 1.165) is 17.0 Å². The summed E-state index contributed by atoms with van der Waals surface area (Å²) in [5.74, 6) is -0.535. The van der Waals surface area contributed by atoms with Gasteiger partial charge in [0.25, 0.3) is 5.91 Å². The van der Waals surface area contributed by atoms with Gasteiger partial charge in [0, 0.05) is 18.7 Å². The van der Waals surface area contributed by atoms with E-state index in [1.807, 2.05) is 13.8 Å². The van der Waals surface area contributed by atoms with Crippen LogP contribution < -0.4 is 5.73 Å². The molecule has 2 rings (SSSR count). The van der Waals surface area contributed by atoms with Crippen LogP contribution in [0.2, 0.25) is 0 Å². The first-order valence-electron chi connectivity index (χ1n) is 7.05. The molecule has 7 heteroatoms. The minimum absolute atomic E-state index is 0.00535. The Morgan fingerprint density at radius 1 is 1.48 bits per heavy atom. The molecule has 0 aliphatic carbocycles. The van der Waals surface area contributed by atoms with Crippen LogP contribution in [0.4, 0.5) is 0 Å². The lowest BCUT2D eigenvalue weighted by atomic mass is 10.0. The molecule has 0 saturated carbocycles. The molecule has 1 unspecified atom stereocenters. The topological polar surface area (TPSA) is 101 Å². The van der Waals surface area contributed by atoms with E-state index in [9.17, 15) is 9.59 Å². The first-order valence-corrected chi connectivity index (χ1v) is 7.05. The van der Waals surface area contributed by atoms with Gasteiger partial charge in [-0.2, -0.15) is 5.10 Å². The Kier molecular flexibility index (Phi) is 4.32. The molecule has 1 fully saturated rings. The fourth-order valence-electron chi connectivity index (χ4n) is 2.56. The van der Waals surface area contributed by atoms with Crippen molar-refractivity contribution >= 4 is 11.8 Å². The number of hydrogen-bond donors (Lipinski definition) is 2. The highest BCUT2D eigenvalue weighted by molar-refractivity contribution is 5.85. The number of ether oxygens (including phenoxy) is 1. The Hall–Kier alpha value is -1.89. The predicted molar refractivity (Wildman–Crippen MR) is 76.5 cm³/mol. The number of H-pyrrole nitrogens is 1. The summed E-state index contributed by atoms with van der Waals surface area (Å²) in [4.78, 5) is 25.4. The zero-order valence-corrected chi connectivity index (χ0v) is 12.7. The van der Waals surface area contributed by atoms with Crippen molar-refractivity contribution in [2.45, 2.75) is 39.2 Å². The third-order valence-corrected chi connectivity index (χ3v) is 4.02. The molecule has 1 aliphatic rings. The Morgan fingerprint density at radius 2 is 2.19 bits per heavy atom. The number of nitrogens with zero attached hydrogens (tertiary/aromatic N) is 2. The molecule has 1 atom stereocenters. The van der Waals surface area contributed by atoms with Crippen molar-refractivity contribution in [2.24, 2.45) is 5.73 Å². The van der Waals surface area contributed by atoms with Crippen LogP contribution in [0.3, 0.4) is 0 Å². The Balaban J connectivity index is 1.96. The van der Waals surface area contributed by atoms with Crippen LogP contribution in [0, 0.1) is 13.8 Å². The number of carbonyl (C=O) groups is 2. The van der Waals surface area contributed by atoms with Crippen LogP contribution in [-0.2, 0) is 20.7 Å². The molecular formula is C14H22N4O3. The number of aryl methyl sites for hydroxylation is 2. The molecule has 21 heavy (non-hydrogen) atoms. The van der Waals surface area contributed by atoms with Crippen molar-refractivity contribution in [3.8, 4) is 0 Å². The number of carbonyl (C=O) groups excluding carboxylic acids is 2. The van der Waals surface area contributed by atoms with Crippen LogP contribution in [0.5, 0.6) is 0 Å². The molecule has 0 spiro atoms. The first kappa shape index (κ1) is 15.5. The van der Waals surface area contributed by atoms with Gasteiger partial charge in [0.2, 0.25) is 5.91 Å². The van der Waals surface area contributed by atoms with E-state index < -0.39 is 11.5 Å². The summed E-state index contributed by atoms with van der Waals surface area (Å²) in [6, 6.07) is 0. The smallest absolute Gasteiger partial charge is 0.251 e. The first-order chi connectivity index (χ1) is 9.83. The normalized spacial score (nSPS) is 22.3. The van der Waals surface area contributed by atoms with Crippen molar-refractivity contribution in [3.63, 3.8) is 0 Å². The molecule has 2 amide bonds. The third-order valence-electron chi connectivity index (χ3n) is 4.02. The lowest BCUT2D eigenvalue weighted by Crippen LogP contribution is -2.58. The van der Waals surface area contributed by atoms with Crippen molar-refractivity contribution in [2.75, 3.05) is 19.7 Å². The molecule has 1 aromatic rings. The number of morpholine rings is 1. The molecule has 1 aromatic heterocycles. The molecular weight excluding hydrogens is 272 g/mol. The molecule has 2 heterocycles. The number of primary amides is 1. The minimum Gasteiger partial charge on any atom is -0.367 e. The quantitative estimate of drug-likeness (QED) is 0.820. The maximum atomic E-state index is 12.3. The fourth-order valence-corrected chi connectivity index (χ4v) is 2.56. The van der Waals surface area contributed by atoms with Crippen molar-refractivity contribution in [1.82, 2.24) is 15.1 Å². The summed E-state index contributed by atoms with van der Waals surface area (Å²) in [6.45, 7) is 6.52. The van der Waals surface area contributed by atoms with E-state index in [1.165, 1.54) is 0 Å². The third kappa shape index (κ3) is 3.24. The largest absolute Gasteiger partial charge is 0.367 e. The molecule has 116 valence electrons. The van der Waals surface area contributed by atoms with Gasteiger partial charge in [0.05, 0.1) is 18.8 Å². The maximum Gasteiger partial charge on any atom is 0.251 e. The van der Waals surface area contributed by atoms with E-state index in [2.05, 4.69) is 10.2 Å². The van der Waals surface area contributed by atoms with Gasteiger partial charge in [-0.3, -0.25) is 14.7 Å². The van der Waals surface area contributed by atoms with Gasteiger partial charge in [-0.25, -0.2) is 0 Å². The SMILES string of the molecule is Cc1n[nH]c(C)c1CCC(=O)N1CCOC(C)(C(N)=O)C1. The van der Waals surface area contributed by atoms with Gasteiger partial charge >= 0.3 is 0 Å². The number of amides is 2. The van der Waals surface area contributed by atoms with Gasteiger partial charge in [-0.05, 0) is 32.8 Å². The van der Waals surface area contributed by atoms with Crippen molar-refractivity contribution < 1.29 is 14.3 Å². The summed E-state index contributed by atoms with van der Waals surface area (Å²) in [6.07, 6.45) is 1.02. The maximum absolute atomic E-state index is 12.3. The van der Waals surface area contributed by atoms with Crippen LogP contribution in [0.15, 0.2) is 0 Å². The highest BCUT2D eigenvalue weighted by atomic mass is 16.5. The Morgan fingerprint density at radius 3 is 2.76 bits per heavy atom. The summed E-state index contributed by atoms with van der Waals surface area (Å²) < 4.78 is 5.41. The highest BCUT2D eigenvalue weighted by Crippen LogP contribution is 2.19. The molecule has 3 N–H and O–H groups in total. The highest BCUT2D eigenvalue weighted by Gasteiger charge is 2.39. The van der Waals surface area contributed by atoms with Gasteiger partial charge < -0.3 is 15.4 Å². The molecule has 0 aromatic carbocycles. The summed E-state index contributed by atoms with van der Waals surface area (Å²) in [7, 11) is 0. The second-order valence-corrected chi connectivity index (χ2v) is 5.67. The summed E-state index contributed by atoms with van der Waals surface area (Å²) in [5, 5.41) is 7.03. The second-order valence-electron chi connectivity index (χ2n) is 5.67. The number of rotatable bonds is 4. The Labute approximate surface area is 123 Å². The van der Waals surface area contributed by atoms with Crippen LogP contribution >= 0.6 is 0 Å². The van der Waals surface area contributed by atoms with Crippen molar-refractivity contribution in [1.29, 1.82) is 0 Å². The van der Waals surface area contributed by atoms with Crippen LogP contribution in [0.1, 0.15) is 30.3 Å². The van der Waals surface area contributed by atoms with E-state index in [4.69, 9.17) is 10.5 Å². The zero-order valence-electron chi connectivity index (χ0n) is 12.7. The van der Waals surface area contributed by atoms with Gasteiger partial charge in [0.15, 0.2) is 5.60 Å². The molecule has 1 saturated heterocycles. The predicted octanol–water partition coefficient (Wildman–Crippen LogP) is 0.0619. The number of aromatic amines is 1. The Bertz CT molecular complexity index is 535. The molecule has 0 radical (unpaired) electrons. The van der Waals surface area contributed by atoms with Gasteiger partial charge in [-0.15, -0.1) is 0 Å². The zero-order chi connectivity index (χ0) is 15.6. The molecule has 1 aliphatic heterocycles. The lowest BCUT2D eigenvalue weighted by molar-refractivity contribution is -0.160. The average molecular weight is 294 g/mol. The molecule has 0 bridgehead atoms. The second kappa shape index (κ2) is 5.85. The van der Waals surface area contributed by atoms with Crippen LogP contribution in [0.25, 0.3) is 0 Å². The fraction of sp³-hybridized carbons (Fsp3) is 0.643. The number of nitrogens with one attached hydrogen (secondary N) is 1. The van der Waals surface area contributed by atoms with Crippen LogP contribution in [-0.4, -0.2) is 52.2 Å². The van der Waals surface area contributed by atoms with E-state index in [0.29, 0.717) is 26.0 Å².